The molecule has 0 aliphatic heterocycles. The van der Waals surface area contributed by atoms with E-state index in [0.29, 0.717) is 6.67 Å². The number of hydrogen-bond acceptors (Lipinski definition) is 3. The zero-order valence-corrected chi connectivity index (χ0v) is 12.0. The summed E-state index contributed by atoms with van der Waals surface area (Å²) in [6, 6.07) is -0.194. The summed E-state index contributed by atoms with van der Waals surface area (Å²) >= 11 is 6.55. The third-order valence-electron chi connectivity index (χ3n) is 3.23. The number of rotatable bonds is 3. The van der Waals surface area contributed by atoms with Crippen molar-refractivity contribution in [3.63, 3.8) is 0 Å². The van der Waals surface area contributed by atoms with E-state index >= 15 is 0 Å². The van der Waals surface area contributed by atoms with Crippen molar-refractivity contribution in [2.45, 2.75) is 38.4 Å². The molecule has 0 N–H and O–H groups in total. The summed E-state index contributed by atoms with van der Waals surface area (Å²) in [5.41, 5.74) is 1.05. The van der Waals surface area contributed by atoms with Crippen LogP contribution in [0.15, 0.2) is 36.5 Å². The number of halogens is 1. The molecule has 0 saturated carbocycles. The van der Waals surface area contributed by atoms with E-state index in [-0.39, 0.29) is 11.9 Å². The SMILES string of the molecule is CC(=O)N(Cn1cncn1)C1C(C)=CC=CC1(C)Cl. The predicted octanol–water partition coefficient (Wildman–Crippen LogP) is 1.97. The Morgan fingerprint density at radius 1 is 1.63 bits per heavy atom. The van der Waals surface area contributed by atoms with Gasteiger partial charge in [-0.25, -0.2) is 9.67 Å². The lowest BCUT2D eigenvalue weighted by Crippen LogP contribution is -2.51. The summed E-state index contributed by atoms with van der Waals surface area (Å²) < 4.78 is 1.61. The molecule has 19 heavy (non-hydrogen) atoms. The Morgan fingerprint density at radius 2 is 2.37 bits per heavy atom. The fourth-order valence-corrected chi connectivity index (χ4v) is 2.75. The second kappa shape index (κ2) is 5.17. The summed E-state index contributed by atoms with van der Waals surface area (Å²) in [4.78, 5) is 16.9. The van der Waals surface area contributed by atoms with E-state index in [1.165, 1.54) is 13.3 Å². The average Bonchev–Trinajstić information content (AvgIpc) is 2.79. The van der Waals surface area contributed by atoms with Crippen molar-refractivity contribution in [3.8, 4) is 0 Å². The molecule has 1 aliphatic carbocycles. The van der Waals surface area contributed by atoms with E-state index < -0.39 is 4.87 Å². The number of nitrogens with zero attached hydrogens (tertiary/aromatic N) is 4. The molecule has 0 spiro atoms. The van der Waals surface area contributed by atoms with Gasteiger partial charge in [0.15, 0.2) is 0 Å². The zero-order chi connectivity index (χ0) is 14.0. The van der Waals surface area contributed by atoms with Crippen LogP contribution < -0.4 is 0 Å². The van der Waals surface area contributed by atoms with E-state index in [4.69, 9.17) is 11.6 Å². The number of aromatic nitrogens is 3. The Bertz CT molecular complexity index is 519. The maximum absolute atomic E-state index is 12.0. The molecule has 1 aliphatic rings. The minimum absolute atomic E-state index is 0.0459. The van der Waals surface area contributed by atoms with Crippen LogP contribution in [-0.2, 0) is 11.5 Å². The Hall–Kier alpha value is -1.62. The summed E-state index contributed by atoms with van der Waals surface area (Å²) in [7, 11) is 0. The molecule has 1 amide bonds. The van der Waals surface area contributed by atoms with Crippen LogP contribution in [0.3, 0.4) is 0 Å². The molecule has 102 valence electrons. The quantitative estimate of drug-likeness (QED) is 0.796. The molecule has 0 saturated heterocycles. The van der Waals surface area contributed by atoms with Gasteiger partial charge in [-0.2, -0.15) is 5.10 Å². The molecular weight excluding hydrogens is 264 g/mol. The Balaban J connectivity index is 2.31. The molecule has 0 fully saturated rings. The highest BCUT2D eigenvalue weighted by molar-refractivity contribution is 6.26. The number of amides is 1. The molecule has 2 rings (SSSR count). The van der Waals surface area contributed by atoms with Crippen LogP contribution in [0.25, 0.3) is 0 Å². The minimum Gasteiger partial charge on any atom is -0.314 e. The van der Waals surface area contributed by atoms with Crippen LogP contribution in [0.4, 0.5) is 0 Å². The van der Waals surface area contributed by atoms with Gasteiger partial charge in [0.25, 0.3) is 0 Å². The summed E-state index contributed by atoms with van der Waals surface area (Å²) in [6.45, 7) is 5.76. The van der Waals surface area contributed by atoms with Crippen LogP contribution in [0, 0.1) is 0 Å². The number of hydrogen-bond donors (Lipinski definition) is 0. The normalized spacial score (nSPS) is 26.1. The second-order valence-corrected chi connectivity index (χ2v) is 5.70. The third kappa shape index (κ3) is 2.87. The Morgan fingerprint density at radius 3 is 2.89 bits per heavy atom. The summed E-state index contributed by atoms with van der Waals surface area (Å²) in [6.07, 6.45) is 8.84. The highest BCUT2D eigenvalue weighted by atomic mass is 35.5. The first-order chi connectivity index (χ1) is 8.92. The number of allylic oxidation sites excluding steroid dienone is 2. The Kier molecular flexibility index (Phi) is 3.75. The van der Waals surface area contributed by atoms with Gasteiger partial charge < -0.3 is 4.90 Å². The molecule has 5 nitrogen and oxygen atoms in total. The molecule has 1 heterocycles. The smallest absolute Gasteiger partial charge is 0.221 e. The largest absolute Gasteiger partial charge is 0.314 e. The maximum Gasteiger partial charge on any atom is 0.221 e. The van der Waals surface area contributed by atoms with Gasteiger partial charge in [0.1, 0.15) is 19.3 Å². The Labute approximate surface area is 117 Å². The standard InChI is InChI=1S/C13H17ClN4O/c1-10-5-4-6-13(3,14)12(10)18(11(2)19)9-17-8-15-7-16-17/h4-8,12H,9H2,1-3H3. The monoisotopic (exact) mass is 280 g/mol. The minimum atomic E-state index is -0.620. The van der Waals surface area contributed by atoms with Gasteiger partial charge in [-0.3, -0.25) is 4.79 Å². The third-order valence-corrected chi connectivity index (χ3v) is 3.56. The first-order valence-corrected chi connectivity index (χ1v) is 6.44. The van der Waals surface area contributed by atoms with Crippen molar-refractivity contribution < 1.29 is 4.79 Å². The van der Waals surface area contributed by atoms with Gasteiger partial charge >= 0.3 is 0 Å². The van der Waals surface area contributed by atoms with Gasteiger partial charge in [-0.1, -0.05) is 18.2 Å². The number of carbonyl (C=O) groups is 1. The van der Waals surface area contributed by atoms with Gasteiger partial charge in [0.05, 0.1) is 10.9 Å². The van der Waals surface area contributed by atoms with E-state index in [2.05, 4.69) is 10.1 Å². The number of alkyl halides is 1. The highest BCUT2D eigenvalue weighted by Crippen LogP contribution is 2.33. The van der Waals surface area contributed by atoms with Crippen LogP contribution in [0.1, 0.15) is 20.8 Å². The van der Waals surface area contributed by atoms with Crippen LogP contribution in [0.5, 0.6) is 0 Å². The lowest BCUT2D eigenvalue weighted by atomic mass is 9.88. The van der Waals surface area contributed by atoms with E-state index in [0.717, 1.165) is 5.57 Å². The van der Waals surface area contributed by atoms with E-state index in [1.807, 2.05) is 32.1 Å². The maximum atomic E-state index is 12.0. The molecule has 0 radical (unpaired) electrons. The van der Waals surface area contributed by atoms with Crippen molar-refractivity contribution in [3.05, 3.63) is 36.5 Å². The first kappa shape index (κ1) is 13.8. The highest BCUT2D eigenvalue weighted by Gasteiger charge is 2.38. The molecular formula is C13H17ClN4O. The molecule has 1 aromatic heterocycles. The van der Waals surface area contributed by atoms with Crippen molar-refractivity contribution in [2.75, 3.05) is 0 Å². The lowest BCUT2D eigenvalue weighted by Gasteiger charge is -2.40. The van der Waals surface area contributed by atoms with Crippen LogP contribution in [0.2, 0.25) is 0 Å². The fourth-order valence-electron chi connectivity index (χ4n) is 2.39. The van der Waals surface area contributed by atoms with Crippen molar-refractivity contribution in [1.82, 2.24) is 19.7 Å². The second-order valence-electron chi connectivity index (χ2n) is 4.89. The van der Waals surface area contributed by atoms with Gasteiger partial charge in [-0.15, -0.1) is 11.6 Å². The van der Waals surface area contributed by atoms with Crippen molar-refractivity contribution >= 4 is 17.5 Å². The topological polar surface area (TPSA) is 51.0 Å². The molecule has 0 aromatic carbocycles. The lowest BCUT2D eigenvalue weighted by molar-refractivity contribution is -0.133. The van der Waals surface area contributed by atoms with Gasteiger partial charge in [0, 0.05) is 6.92 Å². The first-order valence-electron chi connectivity index (χ1n) is 6.06. The molecule has 2 atom stereocenters. The predicted molar refractivity (Wildman–Crippen MR) is 73.5 cm³/mol. The zero-order valence-electron chi connectivity index (χ0n) is 11.2. The number of carbonyl (C=O) groups excluding carboxylic acids is 1. The summed E-state index contributed by atoms with van der Waals surface area (Å²) in [5.74, 6) is -0.0459. The van der Waals surface area contributed by atoms with Crippen LogP contribution >= 0.6 is 11.6 Å². The van der Waals surface area contributed by atoms with Crippen molar-refractivity contribution in [2.24, 2.45) is 0 Å². The van der Waals surface area contributed by atoms with E-state index in [1.54, 1.807) is 15.9 Å². The van der Waals surface area contributed by atoms with Crippen molar-refractivity contribution in [1.29, 1.82) is 0 Å². The molecule has 6 heteroatoms. The van der Waals surface area contributed by atoms with Gasteiger partial charge in [-0.05, 0) is 19.4 Å². The molecule has 2 unspecified atom stereocenters. The molecule has 0 bridgehead atoms. The molecule has 1 aromatic rings. The van der Waals surface area contributed by atoms with Gasteiger partial charge in [0.2, 0.25) is 5.91 Å². The van der Waals surface area contributed by atoms with Crippen LogP contribution in [-0.4, -0.2) is 36.5 Å². The van der Waals surface area contributed by atoms with E-state index in [9.17, 15) is 4.79 Å². The fraction of sp³-hybridized carbons (Fsp3) is 0.462. The summed E-state index contributed by atoms with van der Waals surface area (Å²) in [5, 5.41) is 4.04. The average molecular weight is 281 g/mol.